The van der Waals surface area contributed by atoms with Crippen molar-refractivity contribution < 1.29 is 18.7 Å². The Morgan fingerprint density at radius 1 is 1.33 bits per heavy atom. The minimum atomic E-state index is -0.536. The van der Waals surface area contributed by atoms with Gasteiger partial charge in [0.2, 0.25) is 5.13 Å². The smallest absolute Gasteiger partial charge is 0.316 e. The molecule has 0 spiro atoms. The van der Waals surface area contributed by atoms with E-state index in [9.17, 15) is 9.59 Å². The molecule has 1 aromatic carbocycles. The Hall–Kier alpha value is -2.46. The van der Waals surface area contributed by atoms with Crippen LogP contribution in [0.4, 0.5) is 5.13 Å². The van der Waals surface area contributed by atoms with Gasteiger partial charge in [-0.05, 0) is 19.1 Å². The van der Waals surface area contributed by atoms with Gasteiger partial charge >= 0.3 is 5.97 Å². The summed E-state index contributed by atoms with van der Waals surface area (Å²) in [5.41, 5.74) is 1.38. The van der Waals surface area contributed by atoms with Gasteiger partial charge in [0.05, 0.1) is 0 Å². The molecule has 10 heteroatoms. The predicted molar refractivity (Wildman–Crippen MR) is 89.0 cm³/mol. The lowest BCUT2D eigenvalue weighted by Crippen LogP contribution is -2.21. The van der Waals surface area contributed by atoms with E-state index in [0.29, 0.717) is 15.9 Å². The van der Waals surface area contributed by atoms with Crippen LogP contribution in [0.15, 0.2) is 33.9 Å². The van der Waals surface area contributed by atoms with Gasteiger partial charge in [0.1, 0.15) is 16.3 Å². The Kier molecular flexibility index (Phi) is 5.06. The van der Waals surface area contributed by atoms with Crippen LogP contribution in [0.5, 0.6) is 0 Å². The molecule has 8 nitrogen and oxygen atoms in total. The summed E-state index contributed by atoms with van der Waals surface area (Å²) in [4.78, 5) is 27.5. The predicted octanol–water partition coefficient (Wildman–Crippen LogP) is 2.26. The number of para-hydroxylation sites is 2. The number of thioether (sulfide) groups is 1. The number of carbonyl (C=O) groups is 2. The number of carbonyl (C=O) groups excluding carboxylic acids is 2. The van der Waals surface area contributed by atoms with Gasteiger partial charge in [0.15, 0.2) is 12.2 Å². The second-order valence-corrected chi connectivity index (χ2v) is 6.68. The molecule has 0 aliphatic carbocycles. The zero-order valence-electron chi connectivity index (χ0n) is 12.5. The van der Waals surface area contributed by atoms with Crippen molar-refractivity contribution >= 4 is 51.2 Å². The van der Waals surface area contributed by atoms with E-state index in [0.717, 1.165) is 22.3 Å². The maximum Gasteiger partial charge on any atom is 0.316 e. The minimum Gasteiger partial charge on any atom is -0.455 e. The van der Waals surface area contributed by atoms with E-state index >= 15 is 0 Å². The van der Waals surface area contributed by atoms with E-state index in [-0.39, 0.29) is 12.4 Å². The molecule has 1 N–H and O–H groups in total. The van der Waals surface area contributed by atoms with Crippen LogP contribution in [0.3, 0.4) is 0 Å². The number of anilines is 1. The van der Waals surface area contributed by atoms with E-state index < -0.39 is 11.9 Å². The van der Waals surface area contributed by atoms with Gasteiger partial charge < -0.3 is 9.15 Å². The Morgan fingerprint density at radius 2 is 2.17 bits per heavy atom. The van der Waals surface area contributed by atoms with E-state index in [1.165, 1.54) is 11.3 Å². The minimum absolute atomic E-state index is 0.00197. The Balaban J connectivity index is 1.43. The molecule has 0 unspecified atom stereocenters. The van der Waals surface area contributed by atoms with E-state index in [4.69, 9.17) is 9.15 Å². The van der Waals surface area contributed by atoms with Crippen LogP contribution in [0.25, 0.3) is 11.1 Å². The van der Waals surface area contributed by atoms with Crippen LogP contribution in [0.2, 0.25) is 0 Å². The molecule has 0 bridgehead atoms. The summed E-state index contributed by atoms with van der Waals surface area (Å²) >= 11 is 2.35. The number of hydrogen-bond donors (Lipinski definition) is 1. The monoisotopic (exact) mass is 364 g/mol. The lowest BCUT2D eigenvalue weighted by atomic mass is 10.3. The average molecular weight is 364 g/mol. The molecule has 1 amide bonds. The fourth-order valence-corrected chi connectivity index (χ4v) is 2.97. The van der Waals surface area contributed by atoms with E-state index in [1.807, 2.05) is 18.2 Å². The number of benzene rings is 1. The molecule has 0 atom stereocenters. The molecule has 0 saturated heterocycles. The van der Waals surface area contributed by atoms with Gasteiger partial charge in [-0.25, -0.2) is 4.98 Å². The number of nitrogens with zero attached hydrogens (tertiary/aromatic N) is 3. The first kappa shape index (κ1) is 16.4. The number of esters is 1. The van der Waals surface area contributed by atoms with Crippen LogP contribution in [0, 0.1) is 6.92 Å². The number of oxazole rings is 1. The van der Waals surface area contributed by atoms with E-state index in [2.05, 4.69) is 20.5 Å². The number of amides is 1. The number of nitrogens with one attached hydrogen (secondary N) is 1. The molecule has 2 aromatic heterocycles. The second-order valence-electron chi connectivity index (χ2n) is 4.57. The highest BCUT2D eigenvalue weighted by atomic mass is 32.2. The van der Waals surface area contributed by atoms with Gasteiger partial charge in [-0.2, -0.15) is 0 Å². The third-order valence-corrected chi connectivity index (χ3v) is 4.28. The van der Waals surface area contributed by atoms with E-state index in [1.54, 1.807) is 13.0 Å². The van der Waals surface area contributed by atoms with Gasteiger partial charge in [-0.15, -0.1) is 10.2 Å². The average Bonchev–Trinajstić information content (AvgIpc) is 3.16. The zero-order valence-corrected chi connectivity index (χ0v) is 14.1. The topological polar surface area (TPSA) is 107 Å². The third kappa shape index (κ3) is 4.30. The fraction of sp³-hybridized carbons (Fsp3) is 0.214. The summed E-state index contributed by atoms with van der Waals surface area (Å²) < 4.78 is 10.4. The maximum absolute atomic E-state index is 11.7. The number of aryl methyl sites for hydroxylation is 1. The van der Waals surface area contributed by atoms with Gasteiger partial charge in [-0.1, -0.05) is 35.2 Å². The summed E-state index contributed by atoms with van der Waals surface area (Å²) in [5.74, 6) is -1.00. The molecule has 124 valence electrons. The van der Waals surface area contributed by atoms with Crippen molar-refractivity contribution in [3.05, 3.63) is 29.3 Å². The Morgan fingerprint density at radius 3 is 2.92 bits per heavy atom. The molecular weight excluding hydrogens is 352 g/mol. The molecule has 3 rings (SSSR count). The molecule has 0 fully saturated rings. The summed E-state index contributed by atoms with van der Waals surface area (Å²) in [6.45, 7) is 1.39. The van der Waals surface area contributed by atoms with Crippen LogP contribution >= 0.6 is 23.1 Å². The highest BCUT2D eigenvalue weighted by Gasteiger charge is 2.12. The first-order valence-corrected chi connectivity index (χ1v) is 8.64. The summed E-state index contributed by atoms with van der Waals surface area (Å²) in [5, 5.41) is 11.5. The fourth-order valence-electron chi connectivity index (χ4n) is 1.72. The first-order chi connectivity index (χ1) is 11.6. The maximum atomic E-state index is 11.7. The molecule has 0 radical (unpaired) electrons. The number of aromatic nitrogens is 3. The molecule has 0 saturated carbocycles. The van der Waals surface area contributed by atoms with Crippen molar-refractivity contribution in [2.45, 2.75) is 12.1 Å². The SMILES string of the molecule is Cc1nnc(NC(=O)COC(=O)CSc2nc3ccccc3o2)s1. The number of fused-ring (bicyclic) bond motifs is 1. The summed E-state index contributed by atoms with van der Waals surface area (Å²) in [7, 11) is 0. The highest BCUT2D eigenvalue weighted by Crippen LogP contribution is 2.23. The van der Waals surface area contributed by atoms with Crippen molar-refractivity contribution in [1.82, 2.24) is 15.2 Å². The molecule has 0 aliphatic rings. The van der Waals surface area contributed by atoms with Crippen molar-refractivity contribution in [1.29, 1.82) is 0 Å². The normalized spacial score (nSPS) is 10.7. The van der Waals surface area contributed by atoms with Crippen LogP contribution in [-0.2, 0) is 14.3 Å². The molecule has 2 heterocycles. The van der Waals surface area contributed by atoms with Crippen LogP contribution < -0.4 is 5.32 Å². The van der Waals surface area contributed by atoms with Crippen molar-refractivity contribution in [3.8, 4) is 0 Å². The first-order valence-electron chi connectivity index (χ1n) is 6.84. The second kappa shape index (κ2) is 7.41. The van der Waals surface area contributed by atoms with Gasteiger partial charge in [0, 0.05) is 0 Å². The summed E-state index contributed by atoms with van der Waals surface area (Å²) in [6.07, 6.45) is 0. The molecule has 3 aromatic rings. The third-order valence-electron chi connectivity index (χ3n) is 2.72. The standard InChI is InChI=1S/C14H12N4O4S2/c1-8-17-18-13(24-8)16-11(19)6-21-12(20)7-23-14-15-9-4-2-3-5-10(9)22-14/h2-5H,6-7H2,1H3,(H,16,18,19). The largest absolute Gasteiger partial charge is 0.455 e. The Bertz CT molecular complexity index is 843. The number of hydrogen-bond acceptors (Lipinski definition) is 9. The molecule has 24 heavy (non-hydrogen) atoms. The lowest BCUT2D eigenvalue weighted by Gasteiger charge is -2.03. The number of ether oxygens (including phenoxy) is 1. The number of rotatable bonds is 6. The highest BCUT2D eigenvalue weighted by molar-refractivity contribution is 7.99. The van der Waals surface area contributed by atoms with Crippen LogP contribution in [0.1, 0.15) is 5.01 Å². The molecular formula is C14H12N4O4S2. The van der Waals surface area contributed by atoms with Crippen molar-refractivity contribution in [2.24, 2.45) is 0 Å². The lowest BCUT2D eigenvalue weighted by molar-refractivity contribution is -0.144. The quantitative estimate of drug-likeness (QED) is 0.524. The zero-order chi connectivity index (χ0) is 16.9. The van der Waals surface area contributed by atoms with Crippen molar-refractivity contribution in [2.75, 3.05) is 17.7 Å². The van der Waals surface area contributed by atoms with Crippen LogP contribution in [-0.4, -0.2) is 39.4 Å². The molecule has 0 aliphatic heterocycles. The van der Waals surface area contributed by atoms with Crippen molar-refractivity contribution in [3.63, 3.8) is 0 Å². The van der Waals surface area contributed by atoms with Gasteiger partial charge in [-0.3, -0.25) is 14.9 Å². The Labute approximate surface area is 144 Å². The van der Waals surface area contributed by atoms with Gasteiger partial charge in [0.25, 0.3) is 11.1 Å². The summed E-state index contributed by atoms with van der Waals surface area (Å²) in [6, 6.07) is 7.31.